The molecule has 4 rings (SSSR count). The predicted octanol–water partition coefficient (Wildman–Crippen LogP) is 4.59. The van der Waals surface area contributed by atoms with E-state index in [9.17, 15) is 18.4 Å². The zero-order chi connectivity index (χ0) is 22.4. The van der Waals surface area contributed by atoms with E-state index in [0.29, 0.717) is 11.4 Å². The van der Waals surface area contributed by atoms with Gasteiger partial charge in [0.05, 0.1) is 18.1 Å². The number of ether oxygens (including phenoxy) is 1. The maximum Gasteiger partial charge on any atom is 0.335 e. The second-order valence-electron chi connectivity index (χ2n) is 7.86. The Morgan fingerprint density at radius 1 is 1.23 bits per heavy atom. The molecule has 1 N–H and O–H groups in total. The molecule has 0 saturated heterocycles. The van der Waals surface area contributed by atoms with Gasteiger partial charge in [-0.1, -0.05) is 0 Å². The molecule has 31 heavy (non-hydrogen) atoms. The quantitative estimate of drug-likeness (QED) is 0.574. The molecular formula is C23H20F2N2O4. The molecule has 1 aromatic carbocycles. The summed E-state index contributed by atoms with van der Waals surface area (Å²) in [6.45, 7) is 12.5. The summed E-state index contributed by atoms with van der Waals surface area (Å²) in [5.41, 5.74) is 0.225. The first-order valence-electron chi connectivity index (χ1n) is 9.92. The van der Waals surface area contributed by atoms with Gasteiger partial charge in [0.25, 0.3) is 0 Å². The molecule has 1 atom stereocenters. The summed E-state index contributed by atoms with van der Waals surface area (Å²) in [4.78, 5) is 29.1. The largest absolute Gasteiger partial charge is 0.461 e. The monoisotopic (exact) mass is 426 g/mol. The zero-order valence-electron chi connectivity index (χ0n) is 17.3. The molecule has 0 amide bonds. The molecule has 1 fully saturated rings. The molecule has 0 unspecified atom stereocenters. The third-order valence-corrected chi connectivity index (χ3v) is 5.75. The summed E-state index contributed by atoms with van der Waals surface area (Å²) in [5, 5.41) is 2.45. The summed E-state index contributed by atoms with van der Waals surface area (Å²) >= 11 is 0. The van der Waals surface area contributed by atoms with Crippen molar-refractivity contribution < 1.29 is 22.7 Å². The average Bonchev–Trinajstić information content (AvgIpc) is 2.66. The Hall–Kier alpha value is -3.47. The smallest absolute Gasteiger partial charge is 0.335 e. The maximum absolute atomic E-state index is 14.6. The van der Waals surface area contributed by atoms with Crippen LogP contribution in [0, 0.1) is 25.1 Å². The number of aryl methyl sites for hydroxylation is 1. The Morgan fingerprint density at radius 2 is 1.94 bits per heavy atom. The lowest BCUT2D eigenvalue weighted by atomic mass is 9.83. The number of rotatable bonds is 3. The molecule has 160 valence electrons. The molecule has 1 aliphatic heterocycles. The normalized spacial score (nSPS) is 19.2. The first kappa shape index (κ1) is 20.8. The Balaban J connectivity index is 2.00. The molecule has 0 spiro atoms. The van der Waals surface area contributed by atoms with Crippen molar-refractivity contribution in [3.63, 3.8) is 0 Å². The Kier molecular flexibility index (Phi) is 5.13. The molecule has 2 aliphatic rings. The van der Waals surface area contributed by atoms with Crippen molar-refractivity contribution in [3.05, 3.63) is 79.4 Å². The number of esters is 1. The summed E-state index contributed by atoms with van der Waals surface area (Å²) in [6.07, 6.45) is 2.26. The number of benzene rings is 1. The summed E-state index contributed by atoms with van der Waals surface area (Å²) < 4.78 is 40.3. The van der Waals surface area contributed by atoms with Crippen LogP contribution in [0.3, 0.4) is 0 Å². The van der Waals surface area contributed by atoms with E-state index >= 15 is 0 Å². The molecule has 0 radical (unpaired) electrons. The Morgan fingerprint density at radius 3 is 2.55 bits per heavy atom. The van der Waals surface area contributed by atoms with Crippen LogP contribution in [0.1, 0.15) is 50.4 Å². The first-order valence-corrected chi connectivity index (χ1v) is 9.92. The van der Waals surface area contributed by atoms with Gasteiger partial charge in [-0.2, -0.15) is 0 Å². The molecule has 1 aromatic heterocycles. The van der Waals surface area contributed by atoms with Crippen LogP contribution in [-0.4, -0.2) is 12.1 Å². The number of dihydropyridines is 1. The fraction of sp³-hybridized carbons (Fsp3) is 0.348. The van der Waals surface area contributed by atoms with Crippen LogP contribution in [0.25, 0.3) is 15.8 Å². The summed E-state index contributed by atoms with van der Waals surface area (Å²) in [5.74, 6) is -4.10. The highest BCUT2D eigenvalue weighted by Gasteiger charge is 2.38. The lowest BCUT2D eigenvalue weighted by Gasteiger charge is -2.31. The van der Waals surface area contributed by atoms with Gasteiger partial charge in [0.15, 0.2) is 22.8 Å². The average molecular weight is 426 g/mol. The standard InChI is InChI=1S/C23H20F2N2O4/c1-10-8-16(28)19-20(25)15(24)9-14(22(19)30-10)18-17(23(29)31-13-6-5-7-13)11(2)27-12(3)21(18)26-4/h8-9,13,18,27H,5-7H2,1-3H3/t18-/m0/s1. The van der Waals surface area contributed by atoms with E-state index in [1.807, 2.05) is 0 Å². The minimum absolute atomic E-state index is 0.0291. The van der Waals surface area contributed by atoms with Crippen LogP contribution < -0.4 is 10.7 Å². The number of fused-ring (bicyclic) bond motifs is 1. The third-order valence-electron chi connectivity index (χ3n) is 5.75. The Labute approximate surface area is 177 Å². The van der Waals surface area contributed by atoms with E-state index in [4.69, 9.17) is 15.7 Å². The van der Waals surface area contributed by atoms with E-state index in [2.05, 4.69) is 10.2 Å². The van der Waals surface area contributed by atoms with Crippen molar-refractivity contribution in [2.24, 2.45) is 0 Å². The molecule has 2 heterocycles. The minimum atomic E-state index is -1.33. The van der Waals surface area contributed by atoms with Crippen LogP contribution >= 0.6 is 0 Å². The summed E-state index contributed by atoms with van der Waals surface area (Å²) in [6, 6.07) is 1.96. The number of hydrogen-bond acceptors (Lipinski definition) is 5. The molecule has 2 aromatic rings. The van der Waals surface area contributed by atoms with Crippen molar-refractivity contribution in [1.29, 1.82) is 0 Å². The van der Waals surface area contributed by atoms with Gasteiger partial charge in [-0.05, 0) is 46.1 Å². The number of halogens is 2. The van der Waals surface area contributed by atoms with Crippen molar-refractivity contribution in [2.75, 3.05) is 0 Å². The SMILES string of the molecule is [C-]#[N+]C1=C(C)NC(C)=C(C(=O)OC2CCC2)[C@@H]1c1cc(F)c(F)c2c(=O)cc(C)oc12. The van der Waals surface area contributed by atoms with Crippen molar-refractivity contribution in [1.82, 2.24) is 5.32 Å². The Bertz CT molecular complexity index is 1280. The van der Waals surface area contributed by atoms with Crippen LogP contribution in [0.15, 0.2) is 44.0 Å². The van der Waals surface area contributed by atoms with E-state index in [1.54, 1.807) is 13.8 Å². The highest BCUT2D eigenvalue weighted by molar-refractivity contribution is 5.95. The van der Waals surface area contributed by atoms with Gasteiger partial charge in [0.1, 0.15) is 22.8 Å². The number of carbonyl (C=O) groups is 1. The number of nitrogens with zero attached hydrogens (tertiary/aromatic N) is 1. The van der Waals surface area contributed by atoms with Gasteiger partial charge < -0.3 is 14.5 Å². The minimum Gasteiger partial charge on any atom is -0.461 e. The van der Waals surface area contributed by atoms with Crippen LogP contribution in [0.2, 0.25) is 0 Å². The molecule has 1 saturated carbocycles. The number of nitrogens with one attached hydrogen (secondary N) is 1. The molecule has 0 bridgehead atoms. The highest BCUT2D eigenvalue weighted by atomic mass is 19.2. The zero-order valence-corrected chi connectivity index (χ0v) is 17.3. The van der Waals surface area contributed by atoms with Gasteiger partial charge >= 0.3 is 5.97 Å². The lowest BCUT2D eigenvalue weighted by Crippen LogP contribution is -2.32. The van der Waals surface area contributed by atoms with E-state index in [1.165, 1.54) is 6.92 Å². The lowest BCUT2D eigenvalue weighted by molar-refractivity contribution is -0.148. The number of hydrogen-bond donors (Lipinski definition) is 1. The van der Waals surface area contributed by atoms with Gasteiger partial charge in [-0.15, -0.1) is 0 Å². The first-order chi connectivity index (χ1) is 14.7. The summed E-state index contributed by atoms with van der Waals surface area (Å²) in [7, 11) is 0. The van der Waals surface area contributed by atoms with E-state index in [-0.39, 0.29) is 34.3 Å². The predicted molar refractivity (Wildman–Crippen MR) is 109 cm³/mol. The molecule has 8 heteroatoms. The van der Waals surface area contributed by atoms with Gasteiger partial charge in [0, 0.05) is 23.0 Å². The van der Waals surface area contributed by atoms with Gasteiger partial charge in [-0.25, -0.2) is 18.4 Å². The number of allylic oxidation sites excluding steroid dienone is 3. The second kappa shape index (κ2) is 7.65. The third kappa shape index (κ3) is 3.40. The van der Waals surface area contributed by atoms with E-state index < -0.39 is 34.3 Å². The van der Waals surface area contributed by atoms with Crippen molar-refractivity contribution >= 4 is 16.9 Å². The van der Waals surface area contributed by atoms with Crippen molar-refractivity contribution in [2.45, 2.75) is 52.1 Å². The van der Waals surface area contributed by atoms with Crippen LogP contribution in [-0.2, 0) is 9.53 Å². The van der Waals surface area contributed by atoms with Gasteiger partial charge in [-0.3, -0.25) is 4.79 Å². The topological polar surface area (TPSA) is 72.9 Å². The highest BCUT2D eigenvalue weighted by Crippen LogP contribution is 2.43. The van der Waals surface area contributed by atoms with Crippen LogP contribution in [0.5, 0.6) is 0 Å². The fourth-order valence-electron chi connectivity index (χ4n) is 4.03. The molecular weight excluding hydrogens is 406 g/mol. The molecule has 6 nitrogen and oxygen atoms in total. The van der Waals surface area contributed by atoms with E-state index in [0.717, 1.165) is 31.4 Å². The second-order valence-corrected chi connectivity index (χ2v) is 7.86. The fourth-order valence-corrected chi connectivity index (χ4v) is 4.03. The molecule has 1 aliphatic carbocycles. The van der Waals surface area contributed by atoms with Gasteiger partial charge in [0.2, 0.25) is 0 Å². The van der Waals surface area contributed by atoms with Crippen LogP contribution in [0.4, 0.5) is 8.78 Å². The van der Waals surface area contributed by atoms with Crippen molar-refractivity contribution in [3.8, 4) is 0 Å². The number of carbonyl (C=O) groups excluding carboxylic acids is 1. The maximum atomic E-state index is 14.6.